The number of thiocarbonyl (C=S) groups is 1. The summed E-state index contributed by atoms with van der Waals surface area (Å²) in [6.07, 6.45) is 1.40. The second-order valence-corrected chi connectivity index (χ2v) is 5.86. The largest absolute Gasteiger partial charge is 0.392 e. The Morgan fingerprint density at radius 1 is 1.41 bits per heavy atom. The molecule has 0 aliphatic heterocycles. The molecule has 0 aromatic heterocycles. The summed E-state index contributed by atoms with van der Waals surface area (Å²) in [7, 11) is -3.54. The number of hydrogen-bond acceptors (Lipinski definition) is 3. The molecule has 0 aliphatic rings. The third-order valence-corrected chi connectivity index (χ3v) is 4.04. The summed E-state index contributed by atoms with van der Waals surface area (Å²) in [5.74, 6) is 0. The van der Waals surface area contributed by atoms with Crippen LogP contribution in [0.25, 0.3) is 0 Å². The maximum atomic E-state index is 12.0. The maximum absolute atomic E-state index is 12.0. The van der Waals surface area contributed by atoms with Crippen molar-refractivity contribution < 1.29 is 8.42 Å². The summed E-state index contributed by atoms with van der Waals surface area (Å²) in [6.45, 7) is 1.95. The Balaban J connectivity index is 2.89. The Bertz CT molecular complexity index is 472. The average Bonchev–Trinajstić information content (AvgIpc) is 2.29. The van der Waals surface area contributed by atoms with Gasteiger partial charge in [-0.25, -0.2) is 13.1 Å². The zero-order valence-electron chi connectivity index (χ0n) is 9.59. The van der Waals surface area contributed by atoms with Crippen molar-refractivity contribution >= 4 is 27.2 Å². The molecule has 1 unspecified atom stereocenters. The van der Waals surface area contributed by atoms with Gasteiger partial charge in [0.15, 0.2) is 0 Å². The molecule has 4 nitrogen and oxygen atoms in total. The summed E-state index contributed by atoms with van der Waals surface area (Å²) in [4.78, 5) is 0.392. The van der Waals surface area contributed by atoms with Gasteiger partial charge in [-0.1, -0.05) is 43.8 Å². The summed E-state index contributed by atoms with van der Waals surface area (Å²) < 4.78 is 26.5. The Morgan fingerprint density at radius 3 is 2.47 bits per heavy atom. The molecule has 0 heterocycles. The molecular formula is C11H16N2O2S2. The van der Waals surface area contributed by atoms with Crippen LogP contribution in [-0.4, -0.2) is 19.4 Å². The quantitative estimate of drug-likeness (QED) is 0.768. The Labute approximate surface area is 107 Å². The van der Waals surface area contributed by atoms with Crippen molar-refractivity contribution in [3.8, 4) is 0 Å². The highest BCUT2D eigenvalue weighted by atomic mass is 32.2. The van der Waals surface area contributed by atoms with Gasteiger partial charge in [0.2, 0.25) is 10.0 Å². The van der Waals surface area contributed by atoms with E-state index in [4.69, 9.17) is 18.0 Å². The fourth-order valence-electron chi connectivity index (χ4n) is 1.40. The van der Waals surface area contributed by atoms with E-state index < -0.39 is 16.1 Å². The fourth-order valence-corrected chi connectivity index (χ4v) is 2.93. The van der Waals surface area contributed by atoms with E-state index in [1.54, 1.807) is 18.2 Å². The molecule has 0 saturated carbocycles. The van der Waals surface area contributed by atoms with Crippen molar-refractivity contribution in [2.75, 3.05) is 0 Å². The molecule has 6 heteroatoms. The van der Waals surface area contributed by atoms with Crippen molar-refractivity contribution in [1.29, 1.82) is 0 Å². The standard InChI is InChI=1S/C11H16N2O2S2/c1-2-6-10(11(12)16)13-17(14,15)9-7-4-3-5-8-9/h3-5,7-8,10,13H,2,6H2,1H3,(H2,12,16). The number of hydrogen-bond donors (Lipinski definition) is 2. The van der Waals surface area contributed by atoms with E-state index in [2.05, 4.69) is 4.72 Å². The smallest absolute Gasteiger partial charge is 0.241 e. The first-order valence-electron chi connectivity index (χ1n) is 5.34. The van der Waals surface area contributed by atoms with Gasteiger partial charge in [0, 0.05) is 0 Å². The van der Waals surface area contributed by atoms with Crippen LogP contribution in [0.15, 0.2) is 35.2 Å². The van der Waals surface area contributed by atoms with E-state index in [0.717, 1.165) is 6.42 Å². The van der Waals surface area contributed by atoms with Crippen molar-refractivity contribution in [3.05, 3.63) is 30.3 Å². The lowest BCUT2D eigenvalue weighted by Gasteiger charge is -2.16. The first-order valence-corrected chi connectivity index (χ1v) is 7.23. The number of nitrogens with one attached hydrogen (secondary N) is 1. The lowest BCUT2D eigenvalue weighted by Crippen LogP contribution is -2.43. The minimum absolute atomic E-state index is 0.173. The van der Waals surface area contributed by atoms with Gasteiger partial charge >= 0.3 is 0 Å². The van der Waals surface area contributed by atoms with E-state index in [0.29, 0.717) is 6.42 Å². The topological polar surface area (TPSA) is 72.2 Å². The van der Waals surface area contributed by atoms with Crippen LogP contribution in [0.2, 0.25) is 0 Å². The first kappa shape index (κ1) is 14.1. The van der Waals surface area contributed by atoms with Crippen LogP contribution in [0, 0.1) is 0 Å². The van der Waals surface area contributed by atoms with Gasteiger partial charge in [-0.3, -0.25) is 0 Å². The summed E-state index contributed by atoms with van der Waals surface area (Å²) in [5, 5.41) is 0. The van der Waals surface area contributed by atoms with Crippen LogP contribution in [0.5, 0.6) is 0 Å². The van der Waals surface area contributed by atoms with Crippen molar-refractivity contribution in [1.82, 2.24) is 4.72 Å². The van der Waals surface area contributed by atoms with Crippen LogP contribution in [0.3, 0.4) is 0 Å². The van der Waals surface area contributed by atoms with Crippen LogP contribution < -0.4 is 10.5 Å². The molecular weight excluding hydrogens is 256 g/mol. The van der Waals surface area contributed by atoms with Crippen molar-refractivity contribution in [3.63, 3.8) is 0 Å². The predicted octanol–water partition coefficient (Wildman–Crippen LogP) is 1.42. The monoisotopic (exact) mass is 272 g/mol. The predicted molar refractivity (Wildman–Crippen MR) is 72.2 cm³/mol. The van der Waals surface area contributed by atoms with Gasteiger partial charge in [-0.05, 0) is 18.6 Å². The number of nitrogens with two attached hydrogens (primary N) is 1. The number of sulfonamides is 1. The molecule has 1 atom stereocenters. The van der Waals surface area contributed by atoms with Gasteiger partial charge in [-0.15, -0.1) is 0 Å². The highest BCUT2D eigenvalue weighted by Gasteiger charge is 2.20. The molecule has 17 heavy (non-hydrogen) atoms. The van der Waals surface area contributed by atoms with E-state index in [1.165, 1.54) is 12.1 Å². The van der Waals surface area contributed by atoms with Gasteiger partial charge in [0.25, 0.3) is 0 Å². The molecule has 0 radical (unpaired) electrons. The summed E-state index contributed by atoms with van der Waals surface area (Å²) in [5.41, 5.74) is 5.51. The number of rotatable bonds is 6. The SMILES string of the molecule is CCCC(NS(=O)(=O)c1ccccc1)C(N)=S. The molecule has 0 saturated heterocycles. The Hall–Kier alpha value is -0.980. The average molecular weight is 272 g/mol. The zero-order chi connectivity index (χ0) is 12.9. The molecule has 3 N–H and O–H groups in total. The fraction of sp³-hybridized carbons (Fsp3) is 0.364. The van der Waals surface area contributed by atoms with Crippen LogP contribution in [0.4, 0.5) is 0 Å². The first-order chi connectivity index (χ1) is 7.97. The minimum atomic E-state index is -3.54. The lowest BCUT2D eigenvalue weighted by atomic mass is 10.2. The Kier molecular flexibility index (Phi) is 5.04. The molecule has 1 rings (SSSR count). The molecule has 1 aromatic rings. The zero-order valence-corrected chi connectivity index (χ0v) is 11.2. The number of benzene rings is 1. The third kappa shape index (κ3) is 4.07. The van der Waals surface area contributed by atoms with E-state index >= 15 is 0 Å². The third-order valence-electron chi connectivity index (χ3n) is 2.27. The van der Waals surface area contributed by atoms with Gasteiger partial charge < -0.3 is 5.73 Å². The van der Waals surface area contributed by atoms with Crippen LogP contribution >= 0.6 is 12.2 Å². The summed E-state index contributed by atoms with van der Waals surface area (Å²) >= 11 is 4.85. The lowest BCUT2D eigenvalue weighted by molar-refractivity contribution is 0.567. The second-order valence-electron chi connectivity index (χ2n) is 3.68. The van der Waals surface area contributed by atoms with Crippen LogP contribution in [0.1, 0.15) is 19.8 Å². The highest BCUT2D eigenvalue weighted by molar-refractivity contribution is 7.89. The molecule has 0 spiro atoms. The molecule has 0 fully saturated rings. The van der Waals surface area contributed by atoms with E-state index in [1.807, 2.05) is 6.92 Å². The minimum Gasteiger partial charge on any atom is -0.392 e. The van der Waals surface area contributed by atoms with Gasteiger partial charge in [0.05, 0.1) is 15.9 Å². The van der Waals surface area contributed by atoms with Crippen LogP contribution in [-0.2, 0) is 10.0 Å². The van der Waals surface area contributed by atoms with E-state index in [9.17, 15) is 8.42 Å². The normalized spacial score (nSPS) is 13.2. The molecule has 94 valence electrons. The molecule has 0 aliphatic carbocycles. The maximum Gasteiger partial charge on any atom is 0.241 e. The van der Waals surface area contributed by atoms with Gasteiger partial charge in [-0.2, -0.15) is 0 Å². The molecule has 0 bridgehead atoms. The van der Waals surface area contributed by atoms with E-state index in [-0.39, 0.29) is 9.88 Å². The second kappa shape index (κ2) is 6.09. The molecule has 0 amide bonds. The van der Waals surface area contributed by atoms with Crippen molar-refractivity contribution in [2.45, 2.75) is 30.7 Å². The highest BCUT2D eigenvalue weighted by Crippen LogP contribution is 2.09. The van der Waals surface area contributed by atoms with Crippen molar-refractivity contribution in [2.24, 2.45) is 5.73 Å². The molecule has 1 aromatic carbocycles. The Morgan fingerprint density at radius 2 is 2.00 bits per heavy atom. The van der Waals surface area contributed by atoms with Gasteiger partial charge in [0.1, 0.15) is 0 Å². The summed E-state index contributed by atoms with van der Waals surface area (Å²) in [6, 6.07) is 7.68.